The van der Waals surface area contributed by atoms with Gasteiger partial charge >= 0.3 is 0 Å². The highest BCUT2D eigenvalue weighted by Gasteiger charge is 2.24. The summed E-state index contributed by atoms with van der Waals surface area (Å²) < 4.78 is 0. The molecule has 1 radical (unpaired) electrons. The third kappa shape index (κ3) is 3.34. The average Bonchev–Trinajstić information content (AvgIpc) is 2.71. The first-order valence-electron chi connectivity index (χ1n) is 8.69. The molecule has 125 valence electrons. The van der Waals surface area contributed by atoms with Gasteiger partial charge in [-0.05, 0) is 29.8 Å². The lowest BCUT2D eigenvalue weighted by molar-refractivity contribution is 1.23. The second kappa shape index (κ2) is 7.46. The van der Waals surface area contributed by atoms with Crippen LogP contribution in [-0.2, 0) is 0 Å². The second-order valence-corrected chi connectivity index (χ2v) is 8.67. The highest BCUT2D eigenvalue weighted by Crippen LogP contribution is 2.13. The summed E-state index contributed by atoms with van der Waals surface area (Å²) in [4.78, 5) is 9.35. The minimum atomic E-state index is -1.18. The van der Waals surface area contributed by atoms with Crippen molar-refractivity contribution in [3.63, 3.8) is 0 Å². The molecule has 0 saturated carbocycles. The molecule has 2 aromatic carbocycles. The lowest BCUT2D eigenvalue weighted by Gasteiger charge is -2.19. The SMILES string of the molecule is Cc1cnc(-c2ccccn2)c([Si](c2ccccc2)c2ccccc2)c1. The topological polar surface area (TPSA) is 25.8 Å². The van der Waals surface area contributed by atoms with Crippen LogP contribution in [0.1, 0.15) is 5.56 Å². The summed E-state index contributed by atoms with van der Waals surface area (Å²) in [5, 5.41) is 3.99. The zero-order valence-corrected chi connectivity index (χ0v) is 15.6. The largest absolute Gasteiger partial charge is 0.255 e. The van der Waals surface area contributed by atoms with E-state index in [0.717, 1.165) is 11.4 Å². The summed E-state index contributed by atoms with van der Waals surface area (Å²) in [5.41, 5.74) is 3.09. The number of rotatable bonds is 4. The first-order chi connectivity index (χ1) is 12.8. The molecule has 0 unspecified atom stereocenters. The summed E-state index contributed by atoms with van der Waals surface area (Å²) >= 11 is 0. The highest BCUT2D eigenvalue weighted by molar-refractivity contribution is 6.96. The standard InChI is InChI=1S/C23H19N2Si/c1-18-16-22(23(25-17-18)21-14-8-9-15-24-21)26(19-10-4-2-5-11-19)20-12-6-3-7-13-20/h2-17H,1H3. The summed E-state index contributed by atoms with van der Waals surface area (Å²) in [5.74, 6) is 0. The van der Waals surface area contributed by atoms with E-state index in [1.807, 2.05) is 30.6 Å². The zero-order valence-electron chi connectivity index (χ0n) is 14.6. The van der Waals surface area contributed by atoms with Crippen LogP contribution in [0, 0.1) is 6.92 Å². The fourth-order valence-electron chi connectivity index (χ4n) is 3.15. The molecule has 0 aliphatic carbocycles. The van der Waals surface area contributed by atoms with Gasteiger partial charge in [0.15, 0.2) is 8.80 Å². The molecule has 2 aromatic heterocycles. The summed E-state index contributed by atoms with van der Waals surface area (Å²) in [6, 6.07) is 29.8. The Morgan fingerprint density at radius 1 is 0.692 bits per heavy atom. The number of benzene rings is 2. The van der Waals surface area contributed by atoms with E-state index < -0.39 is 8.80 Å². The quantitative estimate of drug-likeness (QED) is 0.528. The van der Waals surface area contributed by atoms with E-state index >= 15 is 0 Å². The second-order valence-electron chi connectivity index (χ2n) is 6.23. The van der Waals surface area contributed by atoms with Crippen LogP contribution in [0.4, 0.5) is 0 Å². The minimum Gasteiger partial charge on any atom is -0.255 e. The molecule has 2 nitrogen and oxygen atoms in total. The van der Waals surface area contributed by atoms with Gasteiger partial charge in [-0.1, -0.05) is 83.2 Å². The third-order valence-corrected chi connectivity index (χ3v) is 7.07. The van der Waals surface area contributed by atoms with E-state index in [2.05, 4.69) is 78.6 Å². The molecular formula is C23H19N2Si. The molecule has 3 heteroatoms. The van der Waals surface area contributed by atoms with Crippen molar-refractivity contribution in [1.29, 1.82) is 0 Å². The Morgan fingerprint density at radius 2 is 1.31 bits per heavy atom. The molecule has 4 aromatic rings. The van der Waals surface area contributed by atoms with Gasteiger partial charge in [0.25, 0.3) is 0 Å². The maximum Gasteiger partial charge on any atom is 0.157 e. The van der Waals surface area contributed by atoms with Crippen LogP contribution in [-0.4, -0.2) is 18.8 Å². The Bertz CT molecular complexity index is 947. The molecule has 4 rings (SSSR count). The zero-order chi connectivity index (χ0) is 17.8. The van der Waals surface area contributed by atoms with Crippen LogP contribution in [0.2, 0.25) is 0 Å². The molecular weight excluding hydrogens is 332 g/mol. The summed E-state index contributed by atoms with van der Waals surface area (Å²) in [6.07, 6.45) is 3.76. The van der Waals surface area contributed by atoms with Gasteiger partial charge in [-0.3, -0.25) is 9.97 Å². The van der Waals surface area contributed by atoms with E-state index in [1.54, 1.807) is 0 Å². The van der Waals surface area contributed by atoms with Gasteiger partial charge < -0.3 is 0 Å². The van der Waals surface area contributed by atoms with E-state index in [1.165, 1.54) is 21.1 Å². The average molecular weight is 352 g/mol. The predicted molar refractivity (Wildman–Crippen MR) is 110 cm³/mol. The molecule has 0 N–H and O–H groups in total. The van der Waals surface area contributed by atoms with Crippen LogP contribution >= 0.6 is 0 Å². The Morgan fingerprint density at radius 3 is 1.88 bits per heavy atom. The van der Waals surface area contributed by atoms with Gasteiger partial charge in [0, 0.05) is 12.4 Å². The van der Waals surface area contributed by atoms with Gasteiger partial charge in [-0.15, -0.1) is 0 Å². The normalized spacial score (nSPS) is 10.8. The monoisotopic (exact) mass is 351 g/mol. The summed E-state index contributed by atoms with van der Waals surface area (Å²) in [7, 11) is -1.18. The highest BCUT2D eigenvalue weighted by atomic mass is 28.3. The third-order valence-electron chi connectivity index (χ3n) is 4.33. The van der Waals surface area contributed by atoms with Crippen LogP contribution in [0.3, 0.4) is 0 Å². The summed E-state index contributed by atoms with van der Waals surface area (Å²) in [6.45, 7) is 2.11. The van der Waals surface area contributed by atoms with Crippen molar-refractivity contribution in [3.8, 4) is 11.4 Å². The Balaban J connectivity index is 1.96. The van der Waals surface area contributed by atoms with E-state index in [0.29, 0.717) is 0 Å². The Labute approximate surface area is 155 Å². The maximum absolute atomic E-state index is 4.78. The fourth-order valence-corrected chi connectivity index (χ4v) is 5.96. The van der Waals surface area contributed by atoms with Crippen molar-refractivity contribution in [2.45, 2.75) is 6.92 Å². The van der Waals surface area contributed by atoms with Crippen LogP contribution in [0.25, 0.3) is 11.4 Å². The molecule has 0 aliphatic rings. The number of pyridine rings is 2. The van der Waals surface area contributed by atoms with Crippen molar-refractivity contribution in [2.24, 2.45) is 0 Å². The maximum atomic E-state index is 4.78. The number of hydrogen-bond acceptors (Lipinski definition) is 2. The Hall–Kier alpha value is -3.04. The molecule has 0 saturated heterocycles. The van der Waals surface area contributed by atoms with Gasteiger partial charge in [-0.2, -0.15) is 0 Å². The number of nitrogens with zero attached hydrogens (tertiary/aromatic N) is 2. The van der Waals surface area contributed by atoms with Crippen molar-refractivity contribution in [3.05, 3.63) is 103 Å². The van der Waals surface area contributed by atoms with Gasteiger partial charge in [0.1, 0.15) is 0 Å². The van der Waals surface area contributed by atoms with Crippen LogP contribution in [0.5, 0.6) is 0 Å². The van der Waals surface area contributed by atoms with E-state index in [9.17, 15) is 0 Å². The van der Waals surface area contributed by atoms with Crippen molar-refractivity contribution in [1.82, 2.24) is 9.97 Å². The van der Waals surface area contributed by atoms with Crippen LogP contribution < -0.4 is 15.6 Å². The minimum absolute atomic E-state index is 0.928. The smallest absolute Gasteiger partial charge is 0.157 e. The van der Waals surface area contributed by atoms with E-state index in [-0.39, 0.29) is 0 Å². The fraction of sp³-hybridized carbons (Fsp3) is 0.0435. The van der Waals surface area contributed by atoms with Crippen LogP contribution in [0.15, 0.2) is 97.3 Å². The molecule has 0 bridgehead atoms. The molecule has 0 amide bonds. The lowest BCUT2D eigenvalue weighted by Crippen LogP contribution is -2.53. The lowest BCUT2D eigenvalue weighted by atomic mass is 10.2. The van der Waals surface area contributed by atoms with Gasteiger partial charge in [0.05, 0.1) is 11.4 Å². The number of aromatic nitrogens is 2. The van der Waals surface area contributed by atoms with Gasteiger partial charge in [0.2, 0.25) is 0 Å². The number of aryl methyl sites for hydroxylation is 1. The van der Waals surface area contributed by atoms with E-state index in [4.69, 9.17) is 4.98 Å². The van der Waals surface area contributed by atoms with Crippen molar-refractivity contribution in [2.75, 3.05) is 0 Å². The van der Waals surface area contributed by atoms with Gasteiger partial charge in [-0.25, -0.2) is 0 Å². The van der Waals surface area contributed by atoms with Crippen molar-refractivity contribution < 1.29 is 0 Å². The Kier molecular flexibility index (Phi) is 4.71. The molecule has 0 fully saturated rings. The molecule has 2 heterocycles. The first kappa shape index (κ1) is 16.4. The predicted octanol–water partition coefficient (Wildman–Crippen LogP) is 2.97. The molecule has 0 atom stereocenters. The van der Waals surface area contributed by atoms with Crippen molar-refractivity contribution >= 4 is 24.4 Å². The molecule has 26 heavy (non-hydrogen) atoms. The number of hydrogen-bond donors (Lipinski definition) is 0. The molecule has 0 aliphatic heterocycles. The molecule has 0 spiro atoms. The first-order valence-corrected chi connectivity index (χ1v) is 10.2.